The number of hydrogen-bond donors (Lipinski definition) is 2. The Kier molecular flexibility index (Phi) is 7.61. The first-order valence-electron chi connectivity index (χ1n) is 6.84. The Balaban J connectivity index is 2.08. The van der Waals surface area contributed by atoms with Gasteiger partial charge in [0.15, 0.2) is 5.92 Å². The van der Waals surface area contributed by atoms with Gasteiger partial charge in [0.1, 0.15) is 5.75 Å². The van der Waals surface area contributed by atoms with Crippen LogP contribution in [0.25, 0.3) is 0 Å². The summed E-state index contributed by atoms with van der Waals surface area (Å²) >= 11 is 5.76. The van der Waals surface area contributed by atoms with E-state index in [0.29, 0.717) is 18.1 Å². The SMILES string of the molecule is O=C(O)C(CCCCCCOc1ccc(Cl)cc1)C(=O)O. The molecular weight excluding hydrogens is 296 g/mol. The fraction of sp³-hybridized carbons (Fsp3) is 0.467. The summed E-state index contributed by atoms with van der Waals surface area (Å²) in [6.45, 7) is 0.572. The molecule has 5 nitrogen and oxygen atoms in total. The monoisotopic (exact) mass is 314 g/mol. The fourth-order valence-electron chi connectivity index (χ4n) is 1.88. The summed E-state index contributed by atoms with van der Waals surface area (Å²) in [6.07, 6.45) is 3.26. The number of carboxylic acids is 2. The van der Waals surface area contributed by atoms with Gasteiger partial charge in [0.2, 0.25) is 0 Å². The van der Waals surface area contributed by atoms with Crippen LogP contribution in [0.2, 0.25) is 5.02 Å². The summed E-state index contributed by atoms with van der Waals surface area (Å²) in [5.74, 6) is -3.08. The Hall–Kier alpha value is -1.75. The third-order valence-electron chi connectivity index (χ3n) is 3.07. The van der Waals surface area contributed by atoms with E-state index in [2.05, 4.69) is 0 Å². The van der Waals surface area contributed by atoms with Gasteiger partial charge in [0.05, 0.1) is 6.61 Å². The first kappa shape index (κ1) is 17.3. The van der Waals surface area contributed by atoms with Crippen LogP contribution >= 0.6 is 11.6 Å². The maximum Gasteiger partial charge on any atom is 0.317 e. The van der Waals surface area contributed by atoms with Crippen molar-refractivity contribution >= 4 is 23.5 Å². The van der Waals surface area contributed by atoms with E-state index in [1.165, 1.54) is 0 Å². The van der Waals surface area contributed by atoms with Gasteiger partial charge in [-0.25, -0.2) is 0 Å². The molecule has 6 heteroatoms. The Morgan fingerprint density at radius 3 is 2.14 bits per heavy atom. The minimum atomic E-state index is -1.30. The van der Waals surface area contributed by atoms with Gasteiger partial charge in [-0.2, -0.15) is 0 Å². The lowest BCUT2D eigenvalue weighted by Crippen LogP contribution is -2.23. The molecule has 0 aliphatic rings. The first-order valence-corrected chi connectivity index (χ1v) is 7.22. The molecule has 0 aliphatic heterocycles. The number of carboxylic acid groups (broad SMARTS) is 2. The van der Waals surface area contributed by atoms with Crippen molar-refractivity contribution in [3.05, 3.63) is 29.3 Å². The van der Waals surface area contributed by atoms with E-state index in [9.17, 15) is 9.59 Å². The topological polar surface area (TPSA) is 83.8 Å². The van der Waals surface area contributed by atoms with Crippen LogP contribution in [0.1, 0.15) is 32.1 Å². The number of aliphatic carboxylic acids is 2. The highest BCUT2D eigenvalue weighted by Gasteiger charge is 2.24. The Morgan fingerprint density at radius 2 is 1.57 bits per heavy atom. The molecule has 0 spiro atoms. The molecule has 0 radical (unpaired) electrons. The first-order chi connectivity index (χ1) is 10.0. The third kappa shape index (κ3) is 6.99. The zero-order valence-electron chi connectivity index (χ0n) is 11.6. The van der Waals surface area contributed by atoms with Crippen molar-refractivity contribution in [2.24, 2.45) is 5.92 Å². The smallest absolute Gasteiger partial charge is 0.317 e. The van der Waals surface area contributed by atoms with E-state index in [1.54, 1.807) is 24.3 Å². The van der Waals surface area contributed by atoms with Crippen LogP contribution in [0, 0.1) is 5.92 Å². The number of benzene rings is 1. The summed E-state index contributed by atoms with van der Waals surface area (Å²) in [6, 6.07) is 7.11. The molecule has 0 atom stereocenters. The largest absolute Gasteiger partial charge is 0.494 e. The minimum Gasteiger partial charge on any atom is -0.494 e. The number of hydrogen-bond acceptors (Lipinski definition) is 3. The predicted octanol–water partition coefficient (Wildman–Crippen LogP) is 3.45. The normalized spacial score (nSPS) is 10.6. The fourth-order valence-corrected chi connectivity index (χ4v) is 2.00. The van der Waals surface area contributed by atoms with Crippen molar-refractivity contribution < 1.29 is 24.5 Å². The second-order valence-electron chi connectivity index (χ2n) is 4.73. The van der Waals surface area contributed by atoms with Crippen LogP contribution in [0.4, 0.5) is 0 Å². The lowest BCUT2D eigenvalue weighted by Gasteiger charge is -2.08. The van der Waals surface area contributed by atoms with Gasteiger partial charge in [0, 0.05) is 5.02 Å². The van der Waals surface area contributed by atoms with Gasteiger partial charge in [-0.3, -0.25) is 9.59 Å². The molecule has 0 aliphatic carbocycles. The molecule has 2 N–H and O–H groups in total. The van der Waals surface area contributed by atoms with Crippen LogP contribution in [0.5, 0.6) is 5.75 Å². The van der Waals surface area contributed by atoms with E-state index in [4.69, 9.17) is 26.6 Å². The van der Waals surface area contributed by atoms with E-state index >= 15 is 0 Å². The van der Waals surface area contributed by atoms with Crippen molar-refractivity contribution in [1.29, 1.82) is 0 Å². The molecule has 1 aromatic rings. The lowest BCUT2D eigenvalue weighted by molar-refractivity contribution is -0.154. The zero-order valence-corrected chi connectivity index (χ0v) is 12.4. The third-order valence-corrected chi connectivity index (χ3v) is 3.32. The van der Waals surface area contributed by atoms with Crippen molar-refractivity contribution in [3.8, 4) is 5.75 Å². The number of unbranched alkanes of at least 4 members (excludes halogenated alkanes) is 3. The highest BCUT2D eigenvalue weighted by atomic mass is 35.5. The molecule has 116 valence electrons. The Bertz CT molecular complexity index is 444. The second kappa shape index (κ2) is 9.23. The van der Waals surface area contributed by atoms with Gasteiger partial charge in [-0.15, -0.1) is 0 Å². The van der Waals surface area contributed by atoms with Gasteiger partial charge >= 0.3 is 11.9 Å². The van der Waals surface area contributed by atoms with Crippen LogP contribution in [-0.4, -0.2) is 28.8 Å². The van der Waals surface area contributed by atoms with Gasteiger partial charge in [-0.05, 0) is 37.1 Å². The van der Waals surface area contributed by atoms with E-state index in [1.807, 2.05) is 0 Å². The van der Waals surface area contributed by atoms with Crippen LogP contribution in [0.3, 0.4) is 0 Å². The molecule has 0 amide bonds. The summed E-state index contributed by atoms with van der Waals surface area (Å²) < 4.78 is 5.52. The standard InChI is InChI=1S/C15H19ClO5/c16-11-6-8-12(9-7-11)21-10-4-2-1-3-5-13(14(17)18)15(19)20/h6-9,13H,1-5,10H2,(H,17,18)(H,19,20). The maximum atomic E-state index is 10.7. The summed E-state index contributed by atoms with van der Waals surface area (Å²) in [7, 11) is 0. The van der Waals surface area contributed by atoms with Crippen LogP contribution in [-0.2, 0) is 9.59 Å². The van der Waals surface area contributed by atoms with E-state index in [0.717, 1.165) is 25.0 Å². The molecule has 0 bridgehead atoms. The molecule has 1 aromatic carbocycles. The zero-order chi connectivity index (χ0) is 15.7. The molecule has 21 heavy (non-hydrogen) atoms. The molecular formula is C15H19ClO5. The number of carbonyl (C=O) groups is 2. The van der Waals surface area contributed by atoms with E-state index < -0.39 is 17.9 Å². The number of rotatable bonds is 10. The van der Waals surface area contributed by atoms with Crippen LogP contribution < -0.4 is 4.74 Å². The molecule has 0 aromatic heterocycles. The highest BCUT2D eigenvalue weighted by Crippen LogP contribution is 2.16. The molecule has 0 unspecified atom stereocenters. The Morgan fingerprint density at radius 1 is 1.00 bits per heavy atom. The van der Waals surface area contributed by atoms with Gasteiger partial charge in [-0.1, -0.05) is 30.9 Å². The van der Waals surface area contributed by atoms with Crippen molar-refractivity contribution in [3.63, 3.8) is 0 Å². The molecule has 1 rings (SSSR count). The Labute approximate surface area is 128 Å². The summed E-state index contributed by atoms with van der Waals surface area (Å²) in [5.41, 5.74) is 0. The van der Waals surface area contributed by atoms with Crippen molar-refractivity contribution in [2.45, 2.75) is 32.1 Å². The number of halogens is 1. The molecule has 0 fully saturated rings. The van der Waals surface area contributed by atoms with Gasteiger partial charge in [0.25, 0.3) is 0 Å². The van der Waals surface area contributed by atoms with Gasteiger partial charge < -0.3 is 14.9 Å². The highest BCUT2D eigenvalue weighted by molar-refractivity contribution is 6.30. The number of ether oxygens (including phenoxy) is 1. The average molecular weight is 315 g/mol. The molecule has 0 heterocycles. The average Bonchev–Trinajstić information content (AvgIpc) is 2.43. The summed E-state index contributed by atoms with van der Waals surface area (Å²) in [5, 5.41) is 18.1. The van der Waals surface area contributed by atoms with Crippen LogP contribution in [0.15, 0.2) is 24.3 Å². The van der Waals surface area contributed by atoms with E-state index in [-0.39, 0.29) is 6.42 Å². The quantitative estimate of drug-likeness (QED) is 0.510. The van der Waals surface area contributed by atoms with Crippen molar-refractivity contribution in [2.75, 3.05) is 6.61 Å². The maximum absolute atomic E-state index is 10.7. The predicted molar refractivity (Wildman–Crippen MR) is 78.8 cm³/mol. The molecule has 0 saturated carbocycles. The minimum absolute atomic E-state index is 0.169. The molecule has 0 saturated heterocycles. The summed E-state index contributed by atoms with van der Waals surface area (Å²) in [4.78, 5) is 21.4. The lowest BCUT2D eigenvalue weighted by atomic mass is 10.0. The second-order valence-corrected chi connectivity index (χ2v) is 5.17. The van der Waals surface area contributed by atoms with Crippen molar-refractivity contribution in [1.82, 2.24) is 0 Å².